The monoisotopic (exact) mass is 387 g/mol. The van der Waals surface area contributed by atoms with Gasteiger partial charge in [0, 0.05) is 0 Å². The lowest BCUT2D eigenvalue weighted by molar-refractivity contribution is 0.0339. The highest BCUT2D eigenvalue weighted by Crippen LogP contribution is 2.25. The van der Waals surface area contributed by atoms with Crippen LogP contribution < -0.4 is 4.72 Å². The predicted octanol–water partition coefficient (Wildman–Crippen LogP) is 4.47. The number of sulfonamides is 1. The molecule has 0 radical (unpaired) electrons. The van der Waals surface area contributed by atoms with E-state index >= 15 is 0 Å². The van der Waals surface area contributed by atoms with E-state index < -0.39 is 22.1 Å². The molecule has 0 spiro atoms. The maximum Gasteiger partial charge on any atom is 0.340 e. The number of benzene rings is 2. The number of anilines is 1. The molecule has 0 aliphatic heterocycles. The fourth-order valence-corrected chi connectivity index (χ4v) is 4.45. The second-order valence-corrected chi connectivity index (χ2v) is 8.40. The van der Waals surface area contributed by atoms with Crippen molar-refractivity contribution >= 4 is 33.0 Å². The lowest BCUT2D eigenvalue weighted by atomic mass is 10.1. The summed E-state index contributed by atoms with van der Waals surface area (Å²) >= 11 is 1.10. The number of para-hydroxylation sites is 1. The smallest absolute Gasteiger partial charge is 0.340 e. The van der Waals surface area contributed by atoms with Crippen molar-refractivity contribution in [2.75, 3.05) is 4.72 Å². The lowest BCUT2D eigenvalue weighted by Crippen LogP contribution is -2.16. The molecular weight excluding hydrogens is 370 g/mol. The molecule has 1 atom stereocenters. The van der Waals surface area contributed by atoms with Crippen LogP contribution in [0.1, 0.15) is 28.9 Å². The van der Waals surface area contributed by atoms with Crippen LogP contribution in [0, 0.1) is 0 Å². The molecule has 26 heavy (non-hydrogen) atoms. The second-order valence-electron chi connectivity index (χ2n) is 5.54. The van der Waals surface area contributed by atoms with Crippen LogP contribution in [0.25, 0.3) is 0 Å². The molecule has 7 heteroatoms. The molecule has 0 unspecified atom stereocenters. The van der Waals surface area contributed by atoms with Gasteiger partial charge in [-0.1, -0.05) is 48.5 Å². The number of ether oxygens (including phenoxy) is 1. The summed E-state index contributed by atoms with van der Waals surface area (Å²) in [4.78, 5) is 12.6. The van der Waals surface area contributed by atoms with Crippen LogP contribution in [0.15, 0.2) is 76.3 Å². The maximum atomic E-state index is 12.6. The van der Waals surface area contributed by atoms with Crippen LogP contribution in [0.5, 0.6) is 0 Å². The van der Waals surface area contributed by atoms with Gasteiger partial charge in [-0.2, -0.15) is 0 Å². The molecule has 134 valence electrons. The van der Waals surface area contributed by atoms with Crippen LogP contribution in [0.3, 0.4) is 0 Å². The Kier molecular flexibility index (Phi) is 5.39. The van der Waals surface area contributed by atoms with E-state index in [-0.39, 0.29) is 15.5 Å². The predicted molar refractivity (Wildman–Crippen MR) is 102 cm³/mol. The number of carbonyl (C=O) groups excluding carboxylic acids is 1. The van der Waals surface area contributed by atoms with Crippen molar-refractivity contribution in [3.63, 3.8) is 0 Å². The average molecular weight is 387 g/mol. The van der Waals surface area contributed by atoms with Crippen LogP contribution in [-0.2, 0) is 14.8 Å². The standard InChI is InChI=1S/C19H17NO4S2/c1-14(15-8-3-2-4-9-15)24-19(21)16-10-5-6-11-17(16)20-26(22,23)18-12-7-13-25-18/h2-14,20H,1H3/t14-/m0/s1. The van der Waals surface area contributed by atoms with Gasteiger partial charge in [0.1, 0.15) is 10.3 Å². The molecule has 1 aromatic heterocycles. The van der Waals surface area contributed by atoms with Crippen LogP contribution in [0.4, 0.5) is 5.69 Å². The zero-order valence-electron chi connectivity index (χ0n) is 14.0. The molecule has 0 saturated heterocycles. The number of carbonyl (C=O) groups is 1. The summed E-state index contributed by atoms with van der Waals surface area (Å²) in [6.45, 7) is 1.77. The van der Waals surface area contributed by atoms with Gasteiger partial charge in [0.05, 0.1) is 11.3 Å². The first-order valence-electron chi connectivity index (χ1n) is 7.88. The third kappa shape index (κ3) is 4.12. The van der Waals surface area contributed by atoms with Crippen molar-refractivity contribution in [1.29, 1.82) is 0 Å². The first kappa shape index (κ1) is 18.2. The highest BCUT2D eigenvalue weighted by molar-refractivity contribution is 7.94. The van der Waals surface area contributed by atoms with Crippen molar-refractivity contribution in [2.45, 2.75) is 17.2 Å². The summed E-state index contributed by atoms with van der Waals surface area (Å²) in [7, 11) is -3.75. The molecule has 5 nitrogen and oxygen atoms in total. The summed E-state index contributed by atoms with van der Waals surface area (Å²) in [6.07, 6.45) is -0.453. The Hall–Kier alpha value is -2.64. The Morgan fingerprint density at radius 3 is 2.38 bits per heavy atom. The summed E-state index contributed by atoms with van der Waals surface area (Å²) in [6, 6.07) is 18.9. The van der Waals surface area contributed by atoms with Gasteiger partial charge < -0.3 is 4.74 Å². The molecule has 3 aromatic rings. The zero-order chi connectivity index (χ0) is 18.6. The van der Waals surface area contributed by atoms with Crippen LogP contribution in [0.2, 0.25) is 0 Å². The third-order valence-electron chi connectivity index (χ3n) is 3.70. The van der Waals surface area contributed by atoms with Gasteiger partial charge in [-0.05, 0) is 36.1 Å². The van der Waals surface area contributed by atoms with Crippen LogP contribution in [-0.4, -0.2) is 14.4 Å². The van der Waals surface area contributed by atoms with E-state index in [1.807, 2.05) is 30.3 Å². The van der Waals surface area contributed by atoms with Crippen molar-refractivity contribution in [3.8, 4) is 0 Å². The first-order chi connectivity index (χ1) is 12.5. The minimum absolute atomic E-state index is 0.162. The van der Waals surface area contributed by atoms with Crippen molar-refractivity contribution in [3.05, 3.63) is 83.2 Å². The number of hydrogen-bond donors (Lipinski definition) is 1. The third-order valence-corrected chi connectivity index (χ3v) is 6.47. The van der Waals surface area contributed by atoms with E-state index in [9.17, 15) is 13.2 Å². The molecule has 0 aliphatic carbocycles. The fraction of sp³-hybridized carbons (Fsp3) is 0.105. The molecule has 2 aromatic carbocycles. The normalized spacial score (nSPS) is 12.3. The Labute approximate surface area is 156 Å². The second kappa shape index (κ2) is 7.72. The van der Waals surface area contributed by atoms with E-state index in [4.69, 9.17) is 4.74 Å². The van der Waals surface area contributed by atoms with Crippen molar-refractivity contribution in [2.24, 2.45) is 0 Å². The SMILES string of the molecule is C[C@H](OC(=O)c1ccccc1NS(=O)(=O)c1cccs1)c1ccccc1. The highest BCUT2D eigenvalue weighted by Gasteiger charge is 2.21. The van der Waals surface area contributed by atoms with E-state index in [0.717, 1.165) is 16.9 Å². The lowest BCUT2D eigenvalue weighted by Gasteiger charge is -2.16. The first-order valence-corrected chi connectivity index (χ1v) is 10.2. The van der Waals surface area contributed by atoms with E-state index in [1.54, 1.807) is 30.5 Å². The van der Waals surface area contributed by atoms with Gasteiger partial charge in [-0.3, -0.25) is 4.72 Å². The maximum absolute atomic E-state index is 12.6. The largest absolute Gasteiger partial charge is 0.454 e. The molecule has 0 amide bonds. The number of hydrogen-bond acceptors (Lipinski definition) is 5. The Bertz CT molecular complexity index is 983. The van der Waals surface area contributed by atoms with Gasteiger partial charge in [0.15, 0.2) is 0 Å². The van der Waals surface area contributed by atoms with E-state index in [1.165, 1.54) is 18.2 Å². The molecule has 0 aliphatic rings. The molecular formula is C19H17NO4S2. The Balaban J connectivity index is 1.82. The molecule has 0 saturated carbocycles. The van der Waals surface area contributed by atoms with Gasteiger partial charge in [-0.15, -0.1) is 11.3 Å². The van der Waals surface area contributed by atoms with Crippen molar-refractivity contribution in [1.82, 2.24) is 0 Å². The summed E-state index contributed by atoms with van der Waals surface area (Å²) in [5.41, 5.74) is 1.21. The van der Waals surface area contributed by atoms with E-state index in [2.05, 4.69) is 4.72 Å². The van der Waals surface area contributed by atoms with Gasteiger partial charge in [-0.25, -0.2) is 13.2 Å². The van der Waals surface area contributed by atoms with Gasteiger partial charge in [0.2, 0.25) is 0 Å². The summed E-state index contributed by atoms with van der Waals surface area (Å²) in [5, 5.41) is 1.68. The Morgan fingerprint density at radius 1 is 1.00 bits per heavy atom. The quantitative estimate of drug-likeness (QED) is 0.634. The number of rotatable bonds is 6. The number of nitrogens with one attached hydrogen (secondary N) is 1. The molecule has 1 N–H and O–H groups in total. The van der Waals surface area contributed by atoms with Gasteiger partial charge >= 0.3 is 5.97 Å². The fourth-order valence-electron chi connectivity index (χ4n) is 2.38. The molecule has 3 rings (SSSR count). The number of esters is 1. The summed E-state index contributed by atoms with van der Waals surface area (Å²) in [5.74, 6) is -0.592. The van der Waals surface area contributed by atoms with Crippen molar-refractivity contribution < 1.29 is 17.9 Å². The van der Waals surface area contributed by atoms with Crippen LogP contribution >= 0.6 is 11.3 Å². The minimum atomic E-state index is -3.75. The summed E-state index contributed by atoms with van der Waals surface area (Å²) < 4.78 is 33.0. The Morgan fingerprint density at radius 2 is 1.69 bits per heavy atom. The molecule has 0 fully saturated rings. The minimum Gasteiger partial charge on any atom is -0.454 e. The van der Waals surface area contributed by atoms with E-state index in [0.29, 0.717) is 0 Å². The molecule has 0 bridgehead atoms. The highest BCUT2D eigenvalue weighted by atomic mass is 32.2. The average Bonchev–Trinajstić information content (AvgIpc) is 3.18. The topological polar surface area (TPSA) is 72.5 Å². The molecule has 1 heterocycles. The number of thiophene rings is 1. The van der Waals surface area contributed by atoms with Gasteiger partial charge in [0.25, 0.3) is 10.0 Å². The zero-order valence-corrected chi connectivity index (χ0v) is 15.6.